The third-order valence-electron chi connectivity index (χ3n) is 4.53. The summed E-state index contributed by atoms with van der Waals surface area (Å²) >= 11 is 8.92. The monoisotopic (exact) mass is 377 g/mol. The number of carbonyl (C=O) groups excluding carboxylic acids is 1. The first-order valence-electron chi connectivity index (χ1n) is 7.87. The Kier molecular flexibility index (Phi) is 4.61. The zero-order chi connectivity index (χ0) is 16.5. The molecule has 3 atom stereocenters. The Morgan fingerprint density at radius 2 is 2.08 bits per heavy atom. The molecular weight excluding hydrogens is 362 g/mol. The molecule has 4 nitrogen and oxygen atoms in total. The minimum absolute atomic E-state index is 0.0808. The number of hydrogen-bond donors (Lipinski definition) is 1. The maximum Gasteiger partial charge on any atom is 0.229 e. The Morgan fingerprint density at radius 3 is 2.79 bits per heavy atom. The number of benzene rings is 1. The highest BCUT2D eigenvalue weighted by molar-refractivity contribution is 8.00. The van der Waals surface area contributed by atoms with Gasteiger partial charge in [0.05, 0.1) is 0 Å². The largest absolute Gasteiger partial charge is 0.300 e. The number of anilines is 1. The maximum atomic E-state index is 12.4. The average molecular weight is 378 g/mol. The zero-order valence-electron chi connectivity index (χ0n) is 12.8. The summed E-state index contributed by atoms with van der Waals surface area (Å²) in [7, 11) is 0. The van der Waals surface area contributed by atoms with E-state index in [2.05, 4.69) is 27.7 Å². The topological polar surface area (TPSA) is 54.9 Å². The van der Waals surface area contributed by atoms with Crippen molar-refractivity contribution in [2.24, 2.45) is 17.8 Å². The van der Waals surface area contributed by atoms with E-state index in [0.717, 1.165) is 28.0 Å². The summed E-state index contributed by atoms with van der Waals surface area (Å²) in [5.74, 6) is 1.97. The van der Waals surface area contributed by atoms with Gasteiger partial charge in [-0.05, 0) is 42.4 Å². The number of nitrogens with one attached hydrogen (secondary N) is 1. The van der Waals surface area contributed by atoms with E-state index in [1.165, 1.54) is 16.9 Å². The minimum atomic E-state index is 0.0808. The first-order chi connectivity index (χ1) is 11.7. The van der Waals surface area contributed by atoms with Crippen LogP contribution in [0.1, 0.15) is 18.4 Å². The quantitative estimate of drug-likeness (QED) is 0.468. The lowest BCUT2D eigenvalue weighted by molar-refractivity contribution is -0.120. The van der Waals surface area contributed by atoms with Crippen LogP contribution in [-0.4, -0.2) is 16.1 Å². The highest BCUT2D eigenvalue weighted by Gasteiger charge is 2.39. The Balaban J connectivity index is 1.32. The molecule has 2 aliphatic carbocycles. The number of hydrogen-bond acceptors (Lipinski definition) is 5. The van der Waals surface area contributed by atoms with Gasteiger partial charge in [-0.2, -0.15) is 0 Å². The van der Waals surface area contributed by atoms with E-state index in [0.29, 0.717) is 17.0 Å². The molecule has 1 amide bonds. The smallest absolute Gasteiger partial charge is 0.229 e. The van der Waals surface area contributed by atoms with Crippen molar-refractivity contribution in [3.05, 3.63) is 47.0 Å². The van der Waals surface area contributed by atoms with Crippen LogP contribution >= 0.6 is 34.7 Å². The number of fused-ring (bicyclic) bond motifs is 2. The standard InChI is InChI=1S/C17H16ClN3OS2/c18-13-5-2-10(3-6-13)9-23-17-21-20-16(24-17)19-15(22)14-8-11-1-4-12(14)7-11/h1-6,11-12,14H,7-9H2,(H,19,20,22)/t11-,12-,14+/m0/s1. The summed E-state index contributed by atoms with van der Waals surface area (Å²) in [6.07, 6.45) is 6.51. The summed E-state index contributed by atoms with van der Waals surface area (Å²) in [5, 5.41) is 12.5. The van der Waals surface area contributed by atoms with Crippen molar-refractivity contribution in [1.29, 1.82) is 0 Å². The van der Waals surface area contributed by atoms with Crippen molar-refractivity contribution in [2.45, 2.75) is 22.9 Å². The second kappa shape index (κ2) is 6.86. The Hall–Kier alpha value is -1.37. The molecule has 0 aliphatic heterocycles. The van der Waals surface area contributed by atoms with Crippen molar-refractivity contribution in [3.8, 4) is 0 Å². The van der Waals surface area contributed by atoms with E-state index in [-0.39, 0.29) is 11.8 Å². The molecule has 0 unspecified atom stereocenters. The van der Waals surface area contributed by atoms with Crippen LogP contribution in [0, 0.1) is 17.8 Å². The van der Waals surface area contributed by atoms with E-state index < -0.39 is 0 Å². The first-order valence-corrected chi connectivity index (χ1v) is 10.1. The van der Waals surface area contributed by atoms with Crippen molar-refractivity contribution in [2.75, 3.05) is 5.32 Å². The van der Waals surface area contributed by atoms with Crippen LogP contribution < -0.4 is 5.32 Å². The van der Waals surface area contributed by atoms with Gasteiger partial charge in [0.1, 0.15) is 0 Å². The summed E-state index contributed by atoms with van der Waals surface area (Å²) in [6.45, 7) is 0. The molecule has 0 spiro atoms. The van der Waals surface area contributed by atoms with Crippen molar-refractivity contribution in [3.63, 3.8) is 0 Å². The molecule has 1 aromatic carbocycles. The number of aromatic nitrogens is 2. The number of rotatable bonds is 5. The van der Waals surface area contributed by atoms with Crippen molar-refractivity contribution < 1.29 is 4.79 Å². The first kappa shape index (κ1) is 16.1. The van der Waals surface area contributed by atoms with E-state index >= 15 is 0 Å². The van der Waals surface area contributed by atoms with Crippen LogP contribution in [-0.2, 0) is 10.5 Å². The fraction of sp³-hybridized carbons (Fsp3) is 0.353. The third kappa shape index (κ3) is 3.50. The number of nitrogens with zero attached hydrogens (tertiary/aromatic N) is 2. The molecule has 1 N–H and O–H groups in total. The van der Waals surface area contributed by atoms with Crippen LogP contribution in [0.25, 0.3) is 0 Å². The second-order valence-corrected chi connectivity index (χ2v) is 8.80. The van der Waals surface area contributed by atoms with Crippen LogP contribution in [0.4, 0.5) is 5.13 Å². The third-order valence-corrected chi connectivity index (χ3v) is 6.82. The van der Waals surface area contributed by atoms with Gasteiger partial charge >= 0.3 is 0 Å². The highest BCUT2D eigenvalue weighted by Crippen LogP contribution is 2.44. The number of allylic oxidation sites excluding steroid dienone is 2. The molecule has 0 saturated heterocycles. The Bertz CT molecular complexity index is 774. The van der Waals surface area contributed by atoms with E-state index in [1.54, 1.807) is 11.8 Å². The van der Waals surface area contributed by atoms with Crippen LogP contribution in [0.3, 0.4) is 0 Å². The SMILES string of the molecule is O=C(Nc1nnc(SCc2ccc(Cl)cc2)s1)[C@@H]1C[C@H]2C=C[C@H]1C2. The van der Waals surface area contributed by atoms with Gasteiger partial charge in [-0.15, -0.1) is 10.2 Å². The zero-order valence-corrected chi connectivity index (χ0v) is 15.2. The predicted octanol–water partition coefficient (Wildman–Crippen LogP) is 4.63. The molecular formula is C17H16ClN3OS2. The number of amides is 1. The molecule has 7 heteroatoms. The van der Waals surface area contributed by atoms with Crippen LogP contribution in [0.5, 0.6) is 0 Å². The summed E-state index contributed by atoms with van der Waals surface area (Å²) in [4.78, 5) is 12.4. The van der Waals surface area contributed by atoms with Gasteiger partial charge in [0, 0.05) is 16.7 Å². The minimum Gasteiger partial charge on any atom is -0.300 e. The molecule has 0 radical (unpaired) electrons. The van der Waals surface area contributed by atoms with E-state index in [4.69, 9.17) is 11.6 Å². The average Bonchev–Trinajstić information content (AvgIpc) is 3.31. The van der Waals surface area contributed by atoms with Crippen molar-refractivity contribution >= 4 is 45.7 Å². The van der Waals surface area contributed by atoms with Crippen LogP contribution in [0.15, 0.2) is 40.8 Å². The lowest BCUT2D eigenvalue weighted by atomic mass is 9.93. The molecule has 4 rings (SSSR count). The molecule has 1 heterocycles. The van der Waals surface area contributed by atoms with Crippen LogP contribution in [0.2, 0.25) is 5.02 Å². The summed E-state index contributed by atoms with van der Waals surface area (Å²) in [5.41, 5.74) is 1.18. The molecule has 2 aliphatic rings. The molecule has 124 valence electrons. The summed E-state index contributed by atoms with van der Waals surface area (Å²) < 4.78 is 0.855. The lowest BCUT2D eigenvalue weighted by Crippen LogP contribution is -2.25. The lowest BCUT2D eigenvalue weighted by Gasteiger charge is -2.16. The molecule has 24 heavy (non-hydrogen) atoms. The molecule has 1 aromatic heterocycles. The van der Waals surface area contributed by atoms with Crippen molar-refractivity contribution in [1.82, 2.24) is 10.2 Å². The van der Waals surface area contributed by atoms with Gasteiger partial charge in [-0.3, -0.25) is 4.79 Å². The normalized spacial score (nSPS) is 24.5. The Labute approximate surface area is 153 Å². The molecule has 1 saturated carbocycles. The van der Waals surface area contributed by atoms with E-state index in [1.807, 2.05) is 24.3 Å². The molecule has 2 bridgehead atoms. The fourth-order valence-corrected chi connectivity index (χ4v) is 5.16. The second-order valence-electron chi connectivity index (χ2n) is 6.16. The number of halogens is 1. The molecule has 1 fully saturated rings. The highest BCUT2D eigenvalue weighted by atomic mass is 35.5. The van der Waals surface area contributed by atoms with Gasteiger partial charge in [-0.25, -0.2) is 0 Å². The van der Waals surface area contributed by atoms with Gasteiger partial charge in [0.2, 0.25) is 11.0 Å². The summed E-state index contributed by atoms with van der Waals surface area (Å²) in [6, 6.07) is 7.77. The Morgan fingerprint density at radius 1 is 1.25 bits per heavy atom. The maximum absolute atomic E-state index is 12.4. The molecule has 2 aromatic rings. The predicted molar refractivity (Wildman–Crippen MR) is 98.4 cm³/mol. The van der Waals surface area contributed by atoms with E-state index in [9.17, 15) is 4.79 Å². The van der Waals surface area contributed by atoms with Gasteiger partial charge in [0.15, 0.2) is 4.34 Å². The van der Waals surface area contributed by atoms with Gasteiger partial charge in [0.25, 0.3) is 0 Å². The fourth-order valence-electron chi connectivity index (χ4n) is 3.32. The van der Waals surface area contributed by atoms with Gasteiger partial charge in [-0.1, -0.05) is 59.0 Å². The van der Waals surface area contributed by atoms with Gasteiger partial charge < -0.3 is 5.32 Å². The number of thioether (sulfide) groups is 1. The number of carbonyl (C=O) groups is 1.